The molecule has 0 heterocycles. The summed E-state index contributed by atoms with van der Waals surface area (Å²) in [7, 11) is 0. The van der Waals surface area contributed by atoms with E-state index in [2.05, 4.69) is 12.2 Å². The second kappa shape index (κ2) is 6.72. The normalized spacial score (nSPS) is 11.9. The monoisotopic (exact) mass is 266 g/mol. The van der Waals surface area contributed by atoms with E-state index < -0.39 is 10.9 Å². The van der Waals surface area contributed by atoms with Gasteiger partial charge in [-0.3, -0.25) is 10.1 Å². The number of rotatable bonds is 7. The van der Waals surface area contributed by atoms with Crippen molar-refractivity contribution in [1.82, 2.24) is 0 Å². The molecule has 0 saturated carbocycles. The van der Waals surface area contributed by atoms with Crippen LogP contribution in [0, 0.1) is 10.1 Å². The van der Waals surface area contributed by atoms with Crippen LogP contribution in [0.1, 0.15) is 43.5 Å². The molecule has 0 aliphatic carbocycles. The number of nitro benzene ring substituents is 1. The number of nitrogens with one attached hydrogen (secondary N) is 1. The summed E-state index contributed by atoms with van der Waals surface area (Å²) in [6.45, 7) is 3.99. The van der Waals surface area contributed by atoms with Crippen LogP contribution in [0.3, 0.4) is 0 Å². The molecule has 6 heteroatoms. The first-order valence-corrected chi connectivity index (χ1v) is 6.24. The lowest BCUT2D eigenvalue weighted by atomic mass is 10.1. The van der Waals surface area contributed by atoms with E-state index in [0.29, 0.717) is 0 Å². The lowest BCUT2D eigenvalue weighted by Gasteiger charge is -2.15. The van der Waals surface area contributed by atoms with Crippen molar-refractivity contribution in [2.24, 2.45) is 0 Å². The first-order chi connectivity index (χ1) is 8.95. The molecule has 1 atom stereocenters. The predicted molar refractivity (Wildman–Crippen MR) is 72.7 cm³/mol. The van der Waals surface area contributed by atoms with Gasteiger partial charge in [0.1, 0.15) is 5.69 Å². The summed E-state index contributed by atoms with van der Waals surface area (Å²) in [4.78, 5) is 21.3. The zero-order valence-electron chi connectivity index (χ0n) is 11.0. The number of hydrogen-bond donors (Lipinski definition) is 2. The van der Waals surface area contributed by atoms with Crippen molar-refractivity contribution in [2.75, 3.05) is 5.32 Å². The van der Waals surface area contributed by atoms with Gasteiger partial charge in [0, 0.05) is 12.1 Å². The smallest absolute Gasteiger partial charge is 0.335 e. The third-order valence-electron chi connectivity index (χ3n) is 2.83. The van der Waals surface area contributed by atoms with Crippen molar-refractivity contribution in [1.29, 1.82) is 0 Å². The first-order valence-electron chi connectivity index (χ1n) is 6.24. The van der Waals surface area contributed by atoms with Crippen molar-refractivity contribution in [3.63, 3.8) is 0 Å². The van der Waals surface area contributed by atoms with E-state index in [9.17, 15) is 14.9 Å². The minimum atomic E-state index is -1.10. The van der Waals surface area contributed by atoms with Crippen LogP contribution < -0.4 is 5.32 Å². The van der Waals surface area contributed by atoms with Crippen LogP contribution >= 0.6 is 0 Å². The maximum atomic E-state index is 10.9. The Kier molecular flexibility index (Phi) is 5.29. The fraction of sp³-hybridized carbons (Fsp3) is 0.462. The molecule has 2 N–H and O–H groups in total. The van der Waals surface area contributed by atoms with Crippen LogP contribution in [0.5, 0.6) is 0 Å². The first kappa shape index (κ1) is 14.9. The van der Waals surface area contributed by atoms with E-state index >= 15 is 0 Å². The molecule has 1 aromatic carbocycles. The maximum Gasteiger partial charge on any atom is 0.335 e. The molecular weight excluding hydrogens is 248 g/mol. The molecule has 0 bridgehead atoms. The Morgan fingerprint density at radius 2 is 2.21 bits per heavy atom. The van der Waals surface area contributed by atoms with Gasteiger partial charge in [0.15, 0.2) is 0 Å². The molecule has 0 aliphatic rings. The molecule has 0 aromatic heterocycles. The van der Waals surface area contributed by atoms with Crippen molar-refractivity contribution in [3.8, 4) is 0 Å². The number of aromatic carboxylic acids is 1. The van der Waals surface area contributed by atoms with Gasteiger partial charge in [-0.05, 0) is 25.5 Å². The van der Waals surface area contributed by atoms with E-state index in [1.165, 1.54) is 18.2 Å². The van der Waals surface area contributed by atoms with Crippen molar-refractivity contribution < 1.29 is 14.8 Å². The van der Waals surface area contributed by atoms with Crippen LogP contribution in [0.15, 0.2) is 18.2 Å². The molecule has 0 fully saturated rings. The maximum absolute atomic E-state index is 10.9. The molecule has 104 valence electrons. The Morgan fingerprint density at radius 1 is 1.53 bits per heavy atom. The summed E-state index contributed by atoms with van der Waals surface area (Å²) in [5.74, 6) is -1.10. The summed E-state index contributed by atoms with van der Waals surface area (Å²) in [6, 6.07) is 3.83. The van der Waals surface area contributed by atoms with E-state index in [1.54, 1.807) is 0 Å². The van der Waals surface area contributed by atoms with Gasteiger partial charge >= 0.3 is 5.97 Å². The second-order valence-corrected chi connectivity index (χ2v) is 4.48. The third-order valence-corrected chi connectivity index (χ3v) is 2.83. The number of nitrogens with zero attached hydrogens (tertiary/aromatic N) is 1. The van der Waals surface area contributed by atoms with Crippen molar-refractivity contribution >= 4 is 17.3 Å². The number of carbonyl (C=O) groups is 1. The number of benzene rings is 1. The zero-order chi connectivity index (χ0) is 14.4. The molecule has 6 nitrogen and oxygen atoms in total. The molecule has 0 amide bonds. The number of carboxylic acid groups (broad SMARTS) is 1. The Hall–Kier alpha value is -2.11. The molecule has 0 radical (unpaired) electrons. The van der Waals surface area contributed by atoms with Crippen LogP contribution in [0.25, 0.3) is 0 Å². The molecule has 1 rings (SSSR count). The molecule has 1 aromatic rings. The van der Waals surface area contributed by atoms with Gasteiger partial charge in [-0.1, -0.05) is 19.8 Å². The minimum Gasteiger partial charge on any atom is -0.478 e. The summed E-state index contributed by atoms with van der Waals surface area (Å²) >= 11 is 0. The fourth-order valence-corrected chi connectivity index (χ4v) is 1.79. The Bertz CT molecular complexity index is 474. The highest BCUT2D eigenvalue weighted by Gasteiger charge is 2.17. The van der Waals surface area contributed by atoms with Gasteiger partial charge < -0.3 is 10.4 Å². The number of hydrogen-bond acceptors (Lipinski definition) is 4. The molecule has 0 saturated heterocycles. The highest BCUT2D eigenvalue weighted by atomic mass is 16.6. The molecule has 1 unspecified atom stereocenters. The summed E-state index contributed by atoms with van der Waals surface area (Å²) < 4.78 is 0. The largest absolute Gasteiger partial charge is 0.478 e. The Balaban J connectivity index is 2.97. The van der Waals surface area contributed by atoms with Crippen molar-refractivity contribution in [2.45, 2.75) is 39.2 Å². The Labute approximate surface area is 111 Å². The van der Waals surface area contributed by atoms with Gasteiger partial charge in [0.05, 0.1) is 10.5 Å². The lowest BCUT2D eigenvalue weighted by Crippen LogP contribution is -2.16. The number of carboxylic acids is 1. The standard InChI is InChI=1S/C13H18N2O4/c1-3-4-5-9(2)14-11-8-10(13(16)17)6-7-12(11)15(18)19/h6-9,14H,3-5H2,1-2H3,(H,16,17). The SMILES string of the molecule is CCCCC(C)Nc1cc(C(=O)O)ccc1[N+](=O)[O-]. The van der Waals surface area contributed by atoms with E-state index in [0.717, 1.165) is 19.3 Å². The van der Waals surface area contributed by atoms with Crippen molar-refractivity contribution in [3.05, 3.63) is 33.9 Å². The number of nitro groups is 1. The lowest BCUT2D eigenvalue weighted by molar-refractivity contribution is -0.384. The highest BCUT2D eigenvalue weighted by Crippen LogP contribution is 2.26. The second-order valence-electron chi connectivity index (χ2n) is 4.48. The molecular formula is C13H18N2O4. The molecule has 0 spiro atoms. The van der Waals surface area contributed by atoms with E-state index in [1.807, 2.05) is 6.92 Å². The quantitative estimate of drug-likeness (QED) is 0.583. The summed E-state index contributed by atoms with van der Waals surface area (Å²) in [6.07, 6.45) is 2.94. The van der Waals surface area contributed by atoms with Gasteiger partial charge in [-0.15, -0.1) is 0 Å². The third kappa shape index (κ3) is 4.24. The summed E-state index contributed by atoms with van der Waals surface area (Å²) in [5.41, 5.74) is 0.192. The Morgan fingerprint density at radius 3 is 2.74 bits per heavy atom. The van der Waals surface area contributed by atoms with Crippen LogP contribution in [0.2, 0.25) is 0 Å². The minimum absolute atomic E-state index is 0.0378. The van der Waals surface area contributed by atoms with E-state index in [4.69, 9.17) is 5.11 Å². The van der Waals surface area contributed by atoms with Gasteiger partial charge in [-0.25, -0.2) is 4.79 Å². The van der Waals surface area contributed by atoms with Gasteiger partial charge in [0.25, 0.3) is 5.69 Å². The zero-order valence-corrected chi connectivity index (χ0v) is 11.0. The molecule has 0 aliphatic heterocycles. The van der Waals surface area contributed by atoms with Crippen LogP contribution in [-0.2, 0) is 0 Å². The summed E-state index contributed by atoms with van der Waals surface area (Å²) in [5, 5.41) is 22.9. The molecule has 19 heavy (non-hydrogen) atoms. The fourth-order valence-electron chi connectivity index (χ4n) is 1.79. The van der Waals surface area contributed by atoms with Gasteiger partial charge in [0.2, 0.25) is 0 Å². The van der Waals surface area contributed by atoms with Gasteiger partial charge in [-0.2, -0.15) is 0 Å². The predicted octanol–water partition coefficient (Wildman–Crippen LogP) is 3.28. The number of anilines is 1. The van der Waals surface area contributed by atoms with Crippen LogP contribution in [-0.4, -0.2) is 22.0 Å². The average Bonchev–Trinajstić information content (AvgIpc) is 2.35. The topological polar surface area (TPSA) is 92.5 Å². The average molecular weight is 266 g/mol. The van der Waals surface area contributed by atoms with E-state index in [-0.39, 0.29) is 23.0 Å². The van der Waals surface area contributed by atoms with Crippen LogP contribution in [0.4, 0.5) is 11.4 Å². The highest BCUT2D eigenvalue weighted by molar-refractivity contribution is 5.90. The number of unbranched alkanes of at least 4 members (excludes halogenated alkanes) is 1.